The highest BCUT2D eigenvalue weighted by atomic mass is 31.2. The standard InChI is InChI=1S/C3H8N3OP/c1-2-3-6-8(4,5)7/h2-3H,1H2,(H4,4,5,7). The molecule has 4 N–H and O–H groups in total. The number of nitrogens with two attached hydrogens (primary N) is 2. The monoisotopic (exact) mass is 133 g/mol. The van der Waals surface area contributed by atoms with Gasteiger partial charge in [0.1, 0.15) is 0 Å². The number of nitrogens with zero attached hydrogens (tertiary/aromatic N) is 1. The zero-order chi connectivity index (χ0) is 6.62. The quantitative estimate of drug-likeness (QED) is 0.419. The Hall–Kier alpha value is -0.440. The van der Waals surface area contributed by atoms with Gasteiger partial charge in [0.2, 0.25) is 0 Å². The molecule has 0 unspecified atom stereocenters. The molecule has 0 fully saturated rings. The Morgan fingerprint density at radius 2 is 2.12 bits per heavy atom. The number of rotatable bonds is 2. The molecule has 5 heteroatoms. The topological polar surface area (TPSA) is 81.5 Å². The van der Waals surface area contributed by atoms with Gasteiger partial charge in [-0.25, -0.2) is 4.76 Å². The molecule has 0 radical (unpaired) electrons. The summed E-state index contributed by atoms with van der Waals surface area (Å²) >= 11 is 0. The lowest BCUT2D eigenvalue weighted by atomic mass is 10.7. The van der Waals surface area contributed by atoms with Gasteiger partial charge in [-0.3, -0.25) is 15.6 Å². The van der Waals surface area contributed by atoms with E-state index < -0.39 is 7.59 Å². The lowest BCUT2D eigenvalue weighted by Crippen LogP contribution is -2.00. The molecule has 0 aliphatic carbocycles. The highest BCUT2D eigenvalue weighted by Gasteiger charge is 1.98. The molecule has 0 heterocycles. The molecule has 4 nitrogen and oxygen atoms in total. The summed E-state index contributed by atoms with van der Waals surface area (Å²) in [5.74, 6) is 0. The second-order valence-corrected chi connectivity index (χ2v) is 2.75. The Kier molecular flexibility index (Phi) is 2.62. The van der Waals surface area contributed by atoms with Crippen LogP contribution in [0.15, 0.2) is 17.4 Å². The van der Waals surface area contributed by atoms with Gasteiger partial charge >= 0.3 is 7.59 Å². The van der Waals surface area contributed by atoms with Crippen molar-refractivity contribution in [2.24, 2.45) is 15.8 Å². The lowest BCUT2D eigenvalue weighted by Gasteiger charge is -1.92. The summed E-state index contributed by atoms with van der Waals surface area (Å²) in [5, 5.41) is 0. The highest BCUT2D eigenvalue weighted by molar-refractivity contribution is 7.57. The molecule has 0 saturated heterocycles. The van der Waals surface area contributed by atoms with Crippen LogP contribution in [-0.4, -0.2) is 6.21 Å². The summed E-state index contributed by atoms with van der Waals surface area (Å²) in [6.45, 7) is 3.28. The van der Waals surface area contributed by atoms with E-state index in [0.29, 0.717) is 0 Å². The lowest BCUT2D eigenvalue weighted by molar-refractivity contribution is 0.578. The van der Waals surface area contributed by atoms with Crippen molar-refractivity contribution in [3.63, 3.8) is 0 Å². The normalized spacial score (nSPS) is 12.2. The van der Waals surface area contributed by atoms with E-state index in [0.717, 1.165) is 0 Å². The first-order valence-electron chi connectivity index (χ1n) is 1.90. The van der Waals surface area contributed by atoms with E-state index in [4.69, 9.17) is 11.0 Å². The van der Waals surface area contributed by atoms with E-state index >= 15 is 0 Å². The van der Waals surface area contributed by atoms with Crippen LogP contribution in [0.2, 0.25) is 0 Å². The molecule has 8 heavy (non-hydrogen) atoms. The van der Waals surface area contributed by atoms with Gasteiger partial charge in [0.15, 0.2) is 0 Å². The van der Waals surface area contributed by atoms with Crippen LogP contribution < -0.4 is 11.0 Å². The maximum Gasteiger partial charge on any atom is 0.318 e. The fourth-order valence-electron chi connectivity index (χ4n) is 0.151. The predicted molar refractivity (Wildman–Crippen MR) is 34.7 cm³/mol. The SMILES string of the molecule is C=CC=NP(N)(N)=O. The van der Waals surface area contributed by atoms with Gasteiger partial charge in [-0.1, -0.05) is 12.7 Å². The average molecular weight is 133 g/mol. The molecule has 46 valence electrons. The van der Waals surface area contributed by atoms with Crippen LogP contribution in [-0.2, 0) is 4.57 Å². The van der Waals surface area contributed by atoms with Gasteiger partial charge < -0.3 is 0 Å². The van der Waals surface area contributed by atoms with Crippen molar-refractivity contribution in [2.45, 2.75) is 0 Å². The van der Waals surface area contributed by atoms with Gasteiger partial charge in [0.05, 0.1) is 0 Å². The van der Waals surface area contributed by atoms with Crippen LogP contribution in [0.25, 0.3) is 0 Å². The zero-order valence-electron chi connectivity index (χ0n) is 4.32. The second kappa shape index (κ2) is 2.77. The molecule has 0 spiro atoms. The van der Waals surface area contributed by atoms with Crippen LogP contribution in [0.1, 0.15) is 0 Å². The third-order valence-corrected chi connectivity index (χ3v) is 0.847. The third kappa shape index (κ3) is 5.56. The molecule has 0 atom stereocenters. The first-order valence-corrected chi connectivity index (χ1v) is 3.70. The van der Waals surface area contributed by atoms with Gasteiger partial charge in [-0.05, 0) is 0 Å². The number of hydrogen-bond acceptors (Lipinski definition) is 1. The minimum atomic E-state index is -3.18. The minimum absolute atomic E-state index is 1.21. The molecule has 0 aromatic rings. The second-order valence-electron chi connectivity index (χ2n) is 1.17. The summed E-state index contributed by atoms with van der Waals surface area (Å²) in [6, 6.07) is 0. The van der Waals surface area contributed by atoms with E-state index in [2.05, 4.69) is 11.3 Å². The van der Waals surface area contributed by atoms with Crippen molar-refractivity contribution in [3.8, 4) is 0 Å². The molecule has 0 rings (SSSR count). The van der Waals surface area contributed by atoms with Crippen molar-refractivity contribution >= 4 is 13.8 Å². The molecule has 0 aromatic heterocycles. The third-order valence-electron chi connectivity index (χ3n) is 0.353. The Morgan fingerprint density at radius 3 is 2.25 bits per heavy atom. The van der Waals surface area contributed by atoms with Crippen LogP contribution in [0.4, 0.5) is 0 Å². The zero-order valence-corrected chi connectivity index (χ0v) is 5.21. The number of hydrogen-bond donors (Lipinski definition) is 2. The van der Waals surface area contributed by atoms with Crippen molar-refractivity contribution in [1.82, 2.24) is 0 Å². The maximum absolute atomic E-state index is 10.3. The van der Waals surface area contributed by atoms with Gasteiger partial charge in [0, 0.05) is 6.21 Å². The van der Waals surface area contributed by atoms with Crippen LogP contribution in [0, 0.1) is 0 Å². The Bertz CT molecular complexity index is 147. The molecule has 0 aromatic carbocycles. The number of allylic oxidation sites excluding steroid dienone is 1. The van der Waals surface area contributed by atoms with Crippen molar-refractivity contribution in [1.29, 1.82) is 0 Å². The van der Waals surface area contributed by atoms with E-state index in [-0.39, 0.29) is 0 Å². The molecule has 0 bridgehead atoms. The van der Waals surface area contributed by atoms with Crippen molar-refractivity contribution < 1.29 is 4.57 Å². The Labute approximate surface area is 47.8 Å². The fraction of sp³-hybridized carbons (Fsp3) is 0. The molecule has 0 saturated carbocycles. The van der Waals surface area contributed by atoms with E-state index in [1.54, 1.807) is 0 Å². The predicted octanol–water partition coefficient (Wildman–Crippen LogP) is 0.269. The van der Waals surface area contributed by atoms with Crippen LogP contribution in [0.3, 0.4) is 0 Å². The van der Waals surface area contributed by atoms with Crippen molar-refractivity contribution in [3.05, 3.63) is 12.7 Å². The molecule has 0 amide bonds. The average Bonchev–Trinajstić information content (AvgIpc) is 1.59. The highest BCUT2D eigenvalue weighted by Crippen LogP contribution is 2.24. The molecular formula is C3H8N3OP. The summed E-state index contributed by atoms with van der Waals surface area (Å²) in [6.07, 6.45) is 2.56. The van der Waals surface area contributed by atoms with Crippen molar-refractivity contribution in [2.75, 3.05) is 0 Å². The van der Waals surface area contributed by atoms with Gasteiger partial charge in [-0.2, -0.15) is 0 Å². The maximum atomic E-state index is 10.3. The molecule has 0 aliphatic heterocycles. The summed E-state index contributed by atoms with van der Waals surface area (Å²) < 4.78 is 13.5. The summed E-state index contributed by atoms with van der Waals surface area (Å²) in [7, 11) is -3.18. The van der Waals surface area contributed by atoms with E-state index in [9.17, 15) is 4.57 Å². The summed E-state index contributed by atoms with van der Waals surface area (Å²) in [5.41, 5.74) is 9.62. The first-order chi connectivity index (χ1) is 3.56. The van der Waals surface area contributed by atoms with Gasteiger partial charge in [-0.15, -0.1) is 0 Å². The fourth-order valence-corrected chi connectivity index (χ4v) is 0.454. The minimum Gasteiger partial charge on any atom is -0.263 e. The largest absolute Gasteiger partial charge is 0.318 e. The van der Waals surface area contributed by atoms with Gasteiger partial charge in [0.25, 0.3) is 0 Å². The first kappa shape index (κ1) is 7.56. The summed E-state index contributed by atoms with van der Waals surface area (Å²) in [4.78, 5) is 0. The molecular weight excluding hydrogens is 125 g/mol. The van der Waals surface area contributed by atoms with E-state index in [1.165, 1.54) is 12.3 Å². The van der Waals surface area contributed by atoms with E-state index in [1.807, 2.05) is 0 Å². The Morgan fingerprint density at radius 1 is 1.62 bits per heavy atom. The smallest absolute Gasteiger partial charge is 0.263 e. The van der Waals surface area contributed by atoms with Crippen LogP contribution in [0.5, 0.6) is 0 Å². The Balaban J connectivity index is 3.89. The molecule has 0 aliphatic rings. The van der Waals surface area contributed by atoms with Crippen LogP contribution >= 0.6 is 7.59 Å².